The van der Waals surface area contributed by atoms with Crippen LogP contribution in [0.15, 0.2) is 231 Å². The number of rotatable bonds is 5. The second-order valence-electron chi connectivity index (χ2n) is 16.4. The van der Waals surface area contributed by atoms with Gasteiger partial charge in [0.1, 0.15) is 0 Å². The summed E-state index contributed by atoms with van der Waals surface area (Å²) < 4.78 is 12.9. The van der Waals surface area contributed by atoms with Crippen LogP contribution in [0.25, 0.3) is 65.7 Å². The van der Waals surface area contributed by atoms with Gasteiger partial charge in [-0.3, -0.25) is 0 Å². The summed E-state index contributed by atoms with van der Waals surface area (Å²) in [6, 6.07) is 82.4. The Morgan fingerprint density at radius 1 is 0.266 bits per heavy atom. The molecule has 2 heterocycles. The molecule has 0 aliphatic carbocycles. The van der Waals surface area contributed by atoms with Crippen LogP contribution < -0.4 is 19.3 Å². The van der Waals surface area contributed by atoms with Gasteiger partial charge >= 0.3 is 0 Å². The van der Waals surface area contributed by atoms with Gasteiger partial charge in [-0.25, -0.2) is 0 Å². The number of anilines is 6. The SMILES string of the molecule is c1ccc(-c2c3ccc(N4c5ccccc5Oc5ccccc54)cc3c(-c3ccc(-c4cccc5ccccc45)cc3)c3ccc(N4c5ccccc5Oc5ccccc54)cc23)cc1. The first kappa shape index (κ1) is 36.1. The van der Waals surface area contributed by atoms with Gasteiger partial charge in [0, 0.05) is 11.4 Å². The predicted molar refractivity (Wildman–Crippen MR) is 265 cm³/mol. The Morgan fingerprint density at radius 3 is 1.19 bits per heavy atom. The fourth-order valence-corrected chi connectivity index (χ4v) is 9.97. The summed E-state index contributed by atoms with van der Waals surface area (Å²) in [5.74, 6) is 3.31. The number of para-hydroxylation sites is 8. The monoisotopic (exact) mass is 818 g/mol. The highest BCUT2D eigenvalue weighted by Crippen LogP contribution is 2.54. The lowest BCUT2D eigenvalue weighted by Crippen LogP contribution is -2.15. The van der Waals surface area contributed by atoms with Gasteiger partial charge in [-0.2, -0.15) is 0 Å². The summed E-state index contributed by atoms with van der Waals surface area (Å²) in [5, 5.41) is 7.15. The van der Waals surface area contributed by atoms with Crippen molar-refractivity contribution in [2.45, 2.75) is 0 Å². The maximum atomic E-state index is 6.47. The first-order valence-corrected chi connectivity index (χ1v) is 21.7. The summed E-state index contributed by atoms with van der Waals surface area (Å²) in [7, 11) is 0. The van der Waals surface area contributed by atoms with Crippen LogP contribution in [-0.4, -0.2) is 0 Å². The Kier molecular flexibility index (Phi) is 8.18. The van der Waals surface area contributed by atoms with Crippen molar-refractivity contribution in [1.82, 2.24) is 0 Å². The van der Waals surface area contributed by atoms with Crippen molar-refractivity contribution in [1.29, 1.82) is 0 Å². The van der Waals surface area contributed by atoms with E-state index in [-0.39, 0.29) is 0 Å². The molecule has 0 unspecified atom stereocenters. The molecule has 0 N–H and O–H groups in total. The van der Waals surface area contributed by atoms with Crippen LogP contribution in [0.4, 0.5) is 34.1 Å². The van der Waals surface area contributed by atoms with E-state index in [2.05, 4.69) is 192 Å². The van der Waals surface area contributed by atoms with Crippen molar-refractivity contribution < 1.29 is 9.47 Å². The van der Waals surface area contributed by atoms with E-state index in [9.17, 15) is 0 Å². The van der Waals surface area contributed by atoms with Crippen LogP contribution in [-0.2, 0) is 0 Å². The molecule has 0 saturated carbocycles. The first-order chi connectivity index (χ1) is 31.7. The second-order valence-corrected chi connectivity index (χ2v) is 16.4. The van der Waals surface area contributed by atoms with Crippen molar-refractivity contribution in [3.05, 3.63) is 231 Å². The van der Waals surface area contributed by atoms with E-state index >= 15 is 0 Å². The summed E-state index contributed by atoms with van der Waals surface area (Å²) in [6.07, 6.45) is 0. The molecule has 64 heavy (non-hydrogen) atoms. The third-order valence-electron chi connectivity index (χ3n) is 12.8. The van der Waals surface area contributed by atoms with Crippen molar-refractivity contribution >= 4 is 66.4 Å². The molecule has 0 aromatic heterocycles. The molecule has 2 aliphatic heterocycles. The van der Waals surface area contributed by atoms with E-state index in [1.54, 1.807) is 0 Å². The highest BCUT2D eigenvalue weighted by atomic mass is 16.5. The quantitative estimate of drug-likeness (QED) is 0.162. The average Bonchev–Trinajstić information content (AvgIpc) is 3.36. The van der Waals surface area contributed by atoms with Crippen molar-refractivity contribution in [2.24, 2.45) is 0 Å². The second kappa shape index (κ2) is 14.5. The number of nitrogens with zero attached hydrogens (tertiary/aromatic N) is 2. The Hall–Kier alpha value is -8.60. The van der Waals surface area contributed by atoms with E-state index < -0.39 is 0 Å². The van der Waals surface area contributed by atoms with E-state index in [0.717, 1.165) is 73.6 Å². The zero-order valence-corrected chi connectivity index (χ0v) is 34.7. The lowest BCUT2D eigenvalue weighted by Gasteiger charge is -2.33. The maximum absolute atomic E-state index is 6.47. The topological polar surface area (TPSA) is 24.9 Å². The molecule has 2 aliphatic rings. The van der Waals surface area contributed by atoms with Gasteiger partial charge in [0.15, 0.2) is 23.0 Å². The minimum absolute atomic E-state index is 0.827. The zero-order valence-electron chi connectivity index (χ0n) is 34.7. The van der Waals surface area contributed by atoms with E-state index in [0.29, 0.717) is 0 Å². The smallest absolute Gasteiger partial charge is 0.151 e. The first-order valence-electron chi connectivity index (χ1n) is 21.7. The zero-order chi connectivity index (χ0) is 42.1. The molecule has 300 valence electrons. The summed E-state index contributed by atoms with van der Waals surface area (Å²) in [5.41, 5.74) is 13.2. The third kappa shape index (κ3) is 5.70. The summed E-state index contributed by atoms with van der Waals surface area (Å²) >= 11 is 0. The fraction of sp³-hybridized carbons (Fsp3) is 0. The average molecular weight is 819 g/mol. The van der Waals surface area contributed by atoms with E-state index in [1.165, 1.54) is 49.2 Å². The van der Waals surface area contributed by atoms with Gasteiger partial charge in [0.05, 0.1) is 22.7 Å². The third-order valence-corrected chi connectivity index (χ3v) is 12.8. The summed E-state index contributed by atoms with van der Waals surface area (Å²) in [4.78, 5) is 4.67. The van der Waals surface area contributed by atoms with Crippen LogP contribution >= 0.6 is 0 Å². The Balaban J connectivity index is 1.10. The van der Waals surface area contributed by atoms with Gasteiger partial charge in [0.25, 0.3) is 0 Å². The summed E-state index contributed by atoms with van der Waals surface area (Å²) in [6.45, 7) is 0. The molecule has 0 amide bonds. The number of hydrogen-bond donors (Lipinski definition) is 0. The lowest BCUT2D eigenvalue weighted by molar-refractivity contribution is 0.477. The van der Waals surface area contributed by atoms with E-state index in [1.807, 2.05) is 48.5 Å². The molecule has 0 spiro atoms. The van der Waals surface area contributed by atoms with Crippen molar-refractivity contribution in [3.63, 3.8) is 0 Å². The van der Waals surface area contributed by atoms with Gasteiger partial charge in [0.2, 0.25) is 0 Å². The number of hydrogen-bond acceptors (Lipinski definition) is 4. The molecule has 0 fully saturated rings. The standard InChI is InChI=1S/C60H38N2O2/c1-2-16-41(17-3-1)59-47-35-33-44(62-53-23-8-12-27-57(53)64-58-28-13-9-24-54(58)62)38-50(47)60(42-31-29-40(30-32-42)46-20-14-18-39-15-4-5-19-45(39)46)48-36-34-43(37-49(48)59)61-51-21-6-10-25-55(51)63-56-26-11-7-22-52(56)61/h1-38H. The minimum atomic E-state index is 0.827. The highest BCUT2D eigenvalue weighted by Gasteiger charge is 2.29. The Bertz CT molecular complexity index is 3540. The Morgan fingerprint density at radius 2 is 0.672 bits per heavy atom. The molecule has 0 bridgehead atoms. The van der Waals surface area contributed by atoms with Crippen molar-refractivity contribution in [2.75, 3.05) is 9.80 Å². The molecular formula is C60H38N2O2. The molecule has 4 heteroatoms. The molecule has 13 rings (SSSR count). The highest BCUT2D eigenvalue weighted by molar-refractivity contribution is 6.23. The molecular weight excluding hydrogens is 781 g/mol. The number of ether oxygens (including phenoxy) is 2. The molecule has 0 radical (unpaired) electrons. The van der Waals surface area contributed by atoms with Crippen LogP contribution in [0.5, 0.6) is 23.0 Å². The van der Waals surface area contributed by atoms with Crippen LogP contribution in [0, 0.1) is 0 Å². The molecule has 0 atom stereocenters. The predicted octanol–water partition coefficient (Wildman–Crippen LogP) is 17.3. The number of fused-ring (bicyclic) bond motifs is 7. The molecule has 11 aromatic carbocycles. The van der Waals surface area contributed by atoms with Crippen LogP contribution in [0.3, 0.4) is 0 Å². The van der Waals surface area contributed by atoms with Gasteiger partial charge in [-0.05, 0) is 138 Å². The lowest BCUT2D eigenvalue weighted by atomic mass is 9.85. The van der Waals surface area contributed by atoms with Gasteiger partial charge < -0.3 is 19.3 Å². The molecule has 4 nitrogen and oxygen atoms in total. The fourth-order valence-electron chi connectivity index (χ4n) is 9.97. The largest absolute Gasteiger partial charge is 0.453 e. The Labute approximate surface area is 371 Å². The van der Waals surface area contributed by atoms with E-state index in [4.69, 9.17) is 9.47 Å². The maximum Gasteiger partial charge on any atom is 0.151 e. The normalized spacial score (nSPS) is 12.6. The van der Waals surface area contributed by atoms with Crippen molar-refractivity contribution in [3.8, 4) is 56.4 Å². The van der Waals surface area contributed by atoms with Gasteiger partial charge in [-0.15, -0.1) is 0 Å². The van der Waals surface area contributed by atoms with Crippen LogP contribution in [0.1, 0.15) is 0 Å². The molecule has 11 aromatic rings. The minimum Gasteiger partial charge on any atom is -0.453 e. The van der Waals surface area contributed by atoms with Gasteiger partial charge in [-0.1, -0.05) is 158 Å². The molecule has 0 saturated heterocycles. The van der Waals surface area contributed by atoms with Crippen LogP contribution in [0.2, 0.25) is 0 Å². The number of benzene rings is 11.